The molecule has 5 nitrogen and oxygen atoms in total. The summed E-state index contributed by atoms with van der Waals surface area (Å²) in [6.07, 6.45) is -0.0787. The molecule has 1 aromatic heterocycles. The third-order valence-corrected chi connectivity index (χ3v) is 2.16. The molecule has 5 heteroatoms. The van der Waals surface area contributed by atoms with Crippen LogP contribution in [0.3, 0.4) is 0 Å². The standard InChI is InChI=1S/C11H11NO4/c1-3-15-11-12-8-5-7(13)4-6(2)9(8)10(14)16-11/h4-5,13H,3H2,1-2H3. The third kappa shape index (κ3) is 1.71. The van der Waals surface area contributed by atoms with E-state index in [0.717, 1.165) is 0 Å². The van der Waals surface area contributed by atoms with E-state index in [-0.39, 0.29) is 11.8 Å². The fraction of sp³-hybridized carbons (Fsp3) is 0.273. The second-order valence-electron chi connectivity index (χ2n) is 3.36. The number of phenols is 1. The summed E-state index contributed by atoms with van der Waals surface area (Å²) in [6.45, 7) is 3.83. The molecule has 0 aliphatic carbocycles. The maximum atomic E-state index is 11.6. The molecule has 0 fully saturated rings. The fourth-order valence-electron chi connectivity index (χ4n) is 1.54. The van der Waals surface area contributed by atoms with E-state index in [9.17, 15) is 9.90 Å². The number of aromatic hydroxyl groups is 1. The van der Waals surface area contributed by atoms with Gasteiger partial charge in [-0.05, 0) is 25.5 Å². The van der Waals surface area contributed by atoms with E-state index in [1.165, 1.54) is 12.1 Å². The lowest BCUT2D eigenvalue weighted by Gasteiger charge is -2.03. The Bertz CT molecular complexity index is 588. The molecule has 1 heterocycles. The number of hydrogen-bond acceptors (Lipinski definition) is 5. The van der Waals surface area contributed by atoms with Crippen LogP contribution in [0, 0.1) is 6.92 Å². The van der Waals surface area contributed by atoms with Crippen molar-refractivity contribution in [2.24, 2.45) is 0 Å². The van der Waals surface area contributed by atoms with Crippen molar-refractivity contribution in [1.29, 1.82) is 0 Å². The van der Waals surface area contributed by atoms with E-state index < -0.39 is 5.63 Å². The molecule has 1 aromatic carbocycles. The molecule has 0 bridgehead atoms. The summed E-state index contributed by atoms with van der Waals surface area (Å²) in [4.78, 5) is 15.6. The zero-order valence-electron chi connectivity index (χ0n) is 8.98. The molecule has 0 aliphatic rings. The summed E-state index contributed by atoms with van der Waals surface area (Å²) in [5, 5.41) is 9.77. The van der Waals surface area contributed by atoms with Gasteiger partial charge in [0, 0.05) is 6.07 Å². The predicted octanol–water partition coefficient (Wildman–Crippen LogP) is 1.60. The fourth-order valence-corrected chi connectivity index (χ4v) is 1.54. The number of ether oxygens (including phenoxy) is 1. The monoisotopic (exact) mass is 221 g/mol. The van der Waals surface area contributed by atoms with Crippen molar-refractivity contribution in [3.63, 3.8) is 0 Å². The molecular weight excluding hydrogens is 210 g/mol. The van der Waals surface area contributed by atoms with Crippen LogP contribution >= 0.6 is 0 Å². The predicted molar refractivity (Wildman–Crippen MR) is 57.8 cm³/mol. The number of aromatic nitrogens is 1. The quantitative estimate of drug-likeness (QED) is 0.833. The lowest BCUT2D eigenvalue weighted by Crippen LogP contribution is -2.06. The second-order valence-corrected chi connectivity index (χ2v) is 3.36. The molecule has 0 unspecified atom stereocenters. The van der Waals surface area contributed by atoms with Crippen molar-refractivity contribution >= 4 is 10.9 Å². The van der Waals surface area contributed by atoms with E-state index in [1.807, 2.05) is 0 Å². The minimum Gasteiger partial charge on any atom is -0.508 e. The van der Waals surface area contributed by atoms with Gasteiger partial charge in [0.15, 0.2) is 0 Å². The minimum absolute atomic E-state index is 0.0607. The lowest BCUT2D eigenvalue weighted by atomic mass is 10.1. The summed E-state index contributed by atoms with van der Waals surface area (Å²) in [6, 6.07) is 2.89. The van der Waals surface area contributed by atoms with Gasteiger partial charge in [0.2, 0.25) is 0 Å². The molecule has 16 heavy (non-hydrogen) atoms. The van der Waals surface area contributed by atoms with E-state index >= 15 is 0 Å². The first-order valence-corrected chi connectivity index (χ1v) is 4.89. The molecule has 0 radical (unpaired) electrons. The lowest BCUT2D eigenvalue weighted by molar-refractivity contribution is 0.229. The zero-order chi connectivity index (χ0) is 11.7. The van der Waals surface area contributed by atoms with Gasteiger partial charge >= 0.3 is 11.7 Å². The number of fused-ring (bicyclic) bond motifs is 1. The van der Waals surface area contributed by atoms with Crippen molar-refractivity contribution in [2.45, 2.75) is 13.8 Å². The van der Waals surface area contributed by atoms with Gasteiger partial charge < -0.3 is 14.3 Å². The highest BCUT2D eigenvalue weighted by molar-refractivity contribution is 5.82. The van der Waals surface area contributed by atoms with Crippen LogP contribution in [0.1, 0.15) is 12.5 Å². The number of rotatable bonds is 2. The van der Waals surface area contributed by atoms with Gasteiger partial charge in [0.1, 0.15) is 5.75 Å². The van der Waals surface area contributed by atoms with Crippen molar-refractivity contribution < 1.29 is 14.3 Å². The Hall–Kier alpha value is -2.04. The summed E-state index contributed by atoms with van der Waals surface area (Å²) in [5.74, 6) is 0.0607. The third-order valence-electron chi connectivity index (χ3n) is 2.16. The number of benzene rings is 1. The van der Waals surface area contributed by atoms with E-state index in [4.69, 9.17) is 9.15 Å². The molecule has 0 saturated carbocycles. The normalized spacial score (nSPS) is 10.6. The average Bonchev–Trinajstić information content (AvgIpc) is 2.15. The van der Waals surface area contributed by atoms with Gasteiger partial charge in [-0.2, -0.15) is 4.98 Å². The first-order valence-electron chi connectivity index (χ1n) is 4.89. The van der Waals surface area contributed by atoms with Crippen LogP contribution in [0.4, 0.5) is 0 Å². The topological polar surface area (TPSA) is 72.6 Å². The van der Waals surface area contributed by atoms with Crippen molar-refractivity contribution in [2.75, 3.05) is 6.61 Å². The second kappa shape index (κ2) is 3.84. The highest BCUT2D eigenvalue weighted by Crippen LogP contribution is 2.21. The van der Waals surface area contributed by atoms with Crippen LogP contribution in [0.15, 0.2) is 21.3 Å². The number of phenolic OH excluding ortho intramolecular Hbond substituents is 1. The number of aryl methyl sites for hydroxylation is 1. The Labute approximate surface area is 91.3 Å². The molecule has 0 aliphatic heterocycles. The van der Waals surface area contributed by atoms with Crippen LogP contribution < -0.4 is 10.4 Å². The van der Waals surface area contributed by atoms with E-state index in [1.54, 1.807) is 13.8 Å². The first kappa shape index (κ1) is 10.5. The summed E-state index contributed by atoms with van der Waals surface area (Å²) in [5.41, 5.74) is 0.488. The van der Waals surface area contributed by atoms with E-state index in [2.05, 4.69) is 4.98 Å². The minimum atomic E-state index is -0.508. The van der Waals surface area contributed by atoms with E-state index in [0.29, 0.717) is 23.1 Å². The smallest absolute Gasteiger partial charge is 0.397 e. The average molecular weight is 221 g/mol. The number of hydrogen-bond donors (Lipinski definition) is 1. The van der Waals surface area contributed by atoms with Gasteiger partial charge in [-0.25, -0.2) is 4.79 Å². The first-order chi connectivity index (χ1) is 7.61. The maximum absolute atomic E-state index is 11.6. The molecule has 0 atom stereocenters. The largest absolute Gasteiger partial charge is 0.508 e. The summed E-state index contributed by atoms with van der Waals surface area (Å²) < 4.78 is 9.90. The van der Waals surface area contributed by atoms with Crippen molar-refractivity contribution in [3.8, 4) is 11.8 Å². The highest BCUT2D eigenvalue weighted by atomic mass is 16.6. The molecule has 0 saturated heterocycles. The molecule has 0 spiro atoms. The van der Waals surface area contributed by atoms with Gasteiger partial charge in [-0.15, -0.1) is 0 Å². The van der Waals surface area contributed by atoms with Crippen LogP contribution in [-0.2, 0) is 0 Å². The Morgan fingerprint density at radius 2 is 2.25 bits per heavy atom. The molecular formula is C11H11NO4. The Morgan fingerprint density at radius 1 is 1.50 bits per heavy atom. The Balaban J connectivity index is 2.77. The van der Waals surface area contributed by atoms with Crippen LogP contribution in [-0.4, -0.2) is 16.7 Å². The molecule has 0 amide bonds. The van der Waals surface area contributed by atoms with Gasteiger partial charge in [-0.1, -0.05) is 0 Å². The maximum Gasteiger partial charge on any atom is 0.397 e. The zero-order valence-corrected chi connectivity index (χ0v) is 8.98. The van der Waals surface area contributed by atoms with Crippen LogP contribution in [0.5, 0.6) is 11.8 Å². The molecule has 2 aromatic rings. The van der Waals surface area contributed by atoms with Gasteiger partial charge in [-0.3, -0.25) is 0 Å². The molecule has 2 rings (SSSR count). The van der Waals surface area contributed by atoms with Crippen molar-refractivity contribution in [3.05, 3.63) is 28.1 Å². The Kier molecular flexibility index (Phi) is 2.52. The van der Waals surface area contributed by atoms with Gasteiger partial charge in [0.05, 0.1) is 17.5 Å². The highest BCUT2D eigenvalue weighted by Gasteiger charge is 2.10. The van der Waals surface area contributed by atoms with Crippen molar-refractivity contribution in [1.82, 2.24) is 4.98 Å². The van der Waals surface area contributed by atoms with Gasteiger partial charge in [0.25, 0.3) is 0 Å². The molecule has 1 N–H and O–H groups in total. The number of nitrogens with zero attached hydrogens (tertiary/aromatic N) is 1. The molecule has 84 valence electrons. The summed E-state index contributed by atoms with van der Waals surface area (Å²) in [7, 11) is 0. The SMILES string of the molecule is CCOc1nc2cc(O)cc(C)c2c(=O)o1. The van der Waals surface area contributed by atoms with Crippen LogP contribution in [0.25, 0.3) is 10.9 Å². The van der Waals surface area contributed by atoms with Crippen LogP contribution in [0.2, 0.25) is 0 Å². The Morgan fingerprint density at radius 3 is 2.94 bits per heavy atom. The summed E-state index contributed by atoms with van der Waals surface area (Å²) >= 11 is 0.